The number of nitrogens with zero attached hydrogens (tertiary/aromatic N) is 5. The Balaban J connectivity index is 1.92. The van der Waals surface area contributed by atoms with E-state index < -0.39 is 0 Å². The minimum atomic E-state index is -0.346. The predicted octanol–water partition coefficient (Wildman–Crippen LogP) is 1.72. The number of benzene rings is 1. The molecule has 0 N–H and O–H groups in total. The number of imidazole rings is 1. The number of methoxy groups -OCH3 is 2. The van der Waals surface area contributed by atoms with Crippen LogP contribution in [-0.4, -0.2) is 39.4 Å². The van der Waals surface area contributed by atoms with Gasteiger partial charge in [0.2, 0.25) is 5.95 Å². The zero-order chi connectivity index (χ0) is 20.9. The van der Waals surface area contributed by atoms with E-state index in [4.69, 9.17) is 9.47 Å². The summed E-state index contributed by atoms with van der Waals surface area (Å²) >= 11 is 0. The van der Waals surface area contributed by atoms with Gasteiger partial charge in [-0.15, -0.1) is 0 Å². The highest BCUT2D eigenvalue weighted by Crippen LogP contribution is 2.39. The number of rotatable bonds is 5. The Bertz CT molecular complexity index is 1200. The molecular formula is C20H25N5O4. The van der Waals surface area contributed by atoms with E-state index in [1.165, 1.54) is 9.13 Å². The Morgan fingerprint density at radius 3 is 2.55 bits per heavy atom. The molecule has 0 aliphatic carbocycles. The molecule has 3 aromatic rings. The van der Waals surface area contributed by atoms with Gasteiger partial charge >= 0.3 is 5.69 Å². The molecule has 0 amide bonds. The van der Waals surface area contributed by atoms with Crippen molar-refractivity contribution in [1.29, 1.82) is 0 Å². The number of hydrogen-bond acceptors (Lipinski definition) is 6. The van der Waals surface area contributed by atoms with Crippen molar-refractivity contribution < 1.29 is 9.47 Å². The molecule has 1 aliphatic rings. The Morgan fingerprint density at radius 2 is 1.90 bits per heavy atom. The summed E-state index contributed by atoms with van der Waals surface area (Å²) in [5, 5.41) is 0. The third-order valence-electron chi connectivity index (χ3n) is 5.23. The molecule has 0 atom stereocenters. The van der Waals surface area contributed by atoms with Gasteiger partial charge in [-0.1, -0.05) is 13.8 Å². The maximum absolute atomic E-state index is 13.1. The third-order valence-corrected chi connectivity index (χ3v) is 5.23. The molecular weight excluding hydrogens is 374 g/mol. The first-order chi connectivity index (χ1) is 13.9. The quantitative estimate of drug-likeness (QED) is 0.650. The molecule has 2 aromatic heterocycles. The second-order valence-electron chi connectivity index (χ2n) is 7.58. The smallest absolute Gasteiger partial charge is 0.332 e. The van der Waals surface area contributed by atoms with Gasteiger partial charge < -0.3 is 18.9 Å². The van der Waals surface area contributed by atoms with Crippen LogP contribution in [0.4, 0.5) is 11.6 Å². The van der Waals surface area contributed by atoms with Crippen LogP contribution in [0.25, 0.3) is 11.2 Å². The first-order valence-electron chi connectivity index (χ1n) is 9.57. The van der Waals surface area contributed by atoms with Gasteiger partial charge in [0, 0.05) is 32.7 Å². The van der Waals surface area contributed by atoms with Gasteiger partial charge in [-0.25, -0.2) is 4.79 Å². The van der Waals surface area contributed by atoms with Crippen molar-refractivity contribution in [1.82, 2.24) is 18.7 Å². The van der Waals surface area contributed by atoms with E-state index in [0.29, 0.717) is 48.2 Å². The largest absolute Gasteiger partial charge is 0.497 e. The highest BCUT2D eigenvalue weighted by molar-refractivity contribution is 5.79. The van der Waals surface area contributed by atoms with E-state index in [-0.39, 0.29) is 17.2 Å². The van der Waals surface area contributed by atoms with E-state index in [2.05, 4.69) is 4.98 Å². The fraction of sp³-hybridized carbons (Fsp3) is 0.450. The zero-order valence-electron chi connectivity index (χ0n) is 17.3. The topological polar surface area (TPSA) is 83.5 Å². The lowest BCUT2D eigenvalue weighted by atomic mass is 10.2. The lowest BCUT2D eigenvalue weighted by Crippen LogP contribution is -2.40. The summed E-state index contributed by atoms with van der Waals surface area (Å²) in [7, 11) is 4.86. The summed E-state index contributed by atoms with van der Waals surface area (Å²) in [6, 6.07) is 5.57. The fourth-order valence-electron chi connectivity index (χ4n) is 3.84. The fourth-order valence-corrected chi connectivity index (χ4v) is 3.84. The Labute approximate surface area is 167 Å². The van der Waals surface area contributed by atoms with Crippen LogP contribution in [0.2, 0.25) is 0 Å². The van der Waals surface area contributed by atoms with E-state index in [9.17, 15) is 9.59 Å². The molecule has 0 unspecified atom stereocenters. The Morgan fingerprint density at radius 1 is 1.14 bits per heavy atom. The summed E-state index contributed by atoms with van der Waals surface area (Å²) in [4.78, 5) is 32.5. The SMILES string of the molecule is COc1ccc(N2CCn3c2nc2c3c(=O)n(CC(C)C)c(=O)n2C)c(OC)c1. The summed E-state index contributed by atoms with van der Waals surface area (Å²) in [5.74, 6) is 2.14. The molecule has 0 saturated carbocycles. The second-order valence-corrected chi connectivity index (χ2v) is 7.58. The summed E-state index contributed by atoms with van der Waals surface area (Å²) in [6.07, 6.45) is 0. The van der Waals surface area contributed by atoms with Crippen molar-refractivity contribution in [2.24, 2.45) is 13.0 Å². The summed E-state index contributed by atoms with van der Waals surface area (Å²) in [6.45, 7) is 5.57. The van der Waals surface area contributed by atoms with Gasteiger partial charge in [0.15, 0.2) is 11.2 Å². The van der Waals surface area contributed by atoms with Gasteiger partial charge in [0.05, 0.1) is 19.9 Å². The van der Waals surface area contributed by atoms with Gasteiger partial charge in [0.1, 0.15) is 11.5 Å². The minimum absolute atomic E-state index is 0.180. The number of anilines is 2. The van der Waals surface area contributed by atoms with Crippen molar-refractivity contribution in [2.45, 2.75) is 26.9 Å². The molecule has 9 heteroatoms. The molecule has 0 fully saturated rings. The normalized spacial score (nSPS) is 13.4. The number of ether oxygens (including phenoxy) is 2. The molecule has 0 radical (unpaired) electrons. The molecule has 154 valence electrons. The lowest BCUT2D eigenvalue weighted by molar-refractivity contribution is 0.395. The Kier molecular flexibility index (Phi) is 4.60. The zero-order valence-corrected chi connectivity index (χ0v) is 17.3. The minimum Gasteiger partial charge on any atom is -0.497 e. The van der Waals surface area contributed by atoms with Crippen molar-refractivity contribution >= 4 is 22.8 Å². The van der Waals surface area contributed by atoms with Crippen LogP contribution in [-0.2, 0) is 20.1 Å². The molecule has 29 heavy (non-hydrogen) atoms. The number of hydrogen-bond donors (Lipinski definition) is 0. The summed E-state index contributed by atoms with van der Waals surface area (Å²) in [5.41, 5.74) is 1.04. The van der Waals surface area contributed by atoms with Gasteiger partial charge in [-0.2, -0.15) is 4.98 Å². The standard InChI is InChI=1S/C20H25N5O4/c1-12(2)11-25-18(26)16-17(22(3)20(25)27)21-19-23(8-9-24(16)19)14-7-6-13(28-4)10-15(14)29-5/h6-7,10,12H,8-9,11H2,1-5H3. The maximum atomic E-state index is 13.1. The molecule has 1 aromatic carbocycles. The highest BCUT2D eigenvalue weighted by atomic mass is 16.5. The van der Waals surface area contributed by atoms with Crippen molar-refractivity contribution in [3.05, 3.63) is 39.0 Å². The van der Waals surface area contributed by atoms with Crippen LogP contribution in [0.3, 0.4) is 0 Å². The molecule has 9 nitrogen and oxygen atoms in total. The first-order valence-corrected chi connectivity index (χ1v) is 9.57. The van der Waals surface area contributed by atoms with Gasteiger partial charge in [-0.05, 0) is 18.1 Å². The third kappa shape index (κ3) is 2.88. The van der Waals surface area contributed by atoms with E-state index in [1.807, 2.05) is 41.5 Å². The number of fused-ring (bicyclic) bond motifs is 3. The van der Waals surface area contributed by atoms with Crippen LogP contribution in [0.1, 0.15) is 13.8 Å². The van der Waals surface area contributed by atoms with Crippen molar-refractivity contribution in [3.8, 4) is 11.5 Å². The predicted molar refractivity (Wildman–Crippen MR) is 111 cm³/mol. The van der Waals surface area contributed by atoms with E-state index in [0.717, 1.165) is 5.69 Å². The monoisotopic (exact) mass is 399 g/mol. The second kappa shape index (κ2) is 6.98. The molecule has 3 heterocycles. The molecule has 0 spiro atoms. The maximum Gasteiger partial charge on any atom is 0.332 e. The molecule has 0 bridgehead atoms. The van der Waals surface area contributed by atoms with Crippen LogP contribution in [0.5, 0.6) is 11.5 Å². The molecule has 4 rings (SSSR count). The average molecular weight is 399 g/mol. The number of aryl methyl sites for hydroxylation is 1. The van der Waals surface area contributed by atoms with Crippen LogP contribution >= 0.6 is 0 Å². The van der Waals surface area contributed by atoms with E-state index >= 15 is 0 Å². The average Bonchev–Trinajstić information content (AvgIpc) is 3.28. The van der Waals surface area contributed by atoms with Gasteiger partial charge in [-0.3, -0.25) is 13.9 Å². The van der Waals surface area contributed by atoms with Crippen molar-refractivity contribution in [3.63, 3.8) is 0 Å². The first kappa shape index (κ1) is 19.1. The number of aromatic nitrogens is 4. The summed E-state index contributed by atoms with van der Waals surface area (Å²) < 4.78 is 15.5. The Hall–Kier alpha value is -3.23. The van der Waals surface area contributed by atoms with E-state index in [1.54, 1.807) is 21.3 Å². The van der Waals surface area contributed by atoms with Crippen LogP contribution < -0.4 is 25.6 Å². The van der Waals surface area contributed by atoms with Gasteiger partial charge in [0.25, 0.3) is 5.56 Å². The van der Waals surface area contributed by atoms with Crippen LogP contribution in [0, 0.1) is 5.92 Å². The van der Waals surface area contributed by atoms with Crippen LogP contribution in [0.15, 0.2) is 27.8 Å². The molecule has 0 saturated heterocycles. The van der Waals surface area contributed by atoms with Crippen molar-refractivity contribution in [2.75, 3.05) is 25.7 Å². The lowest BCUT2D eigenvalue weighted by Gasteiger charge is -2.19. The highest BCUT2D eigenvalue weighted by Gasteiger charge is 2.30. The molecule has 1 aliphatic heterocycles.